The second kappa shape index (κ2) is 4.19. The van der Waals surface area contributed by atoms with Crippen molar-refractivity contribution in [1.29, 1.82) is 0 Å². The maximum absolute atomic E-state index is 4.48. The lowest BCUT2D eigenvalue weighted by atomic mass is 9.95. The molecule has 0 saturated carbocycles. The van der Waals surface area contributed by atoms with Crippen LogP contribution >= 0.6 is 0 Å². The highest BCUT2D eigenvalue weighted by Gasteiger charge is 2.23. The fraction of sp³-hybridized carbons (Fsp3) is 0.250. The van der Waals surface area contributed by atoms with E-state index in [0.29, 0.717) is 5.92 Å². The summed E-state index contributed by atoms with van der Waals surface area (Å²) in [5.41, 5.74) is 5.11. The molecule has 0 aliphatic heterocycles. The summed E-state index contributed by atoms with van der Waals surface area (Å²) < 4.78 is 0. The maximum Gasteiger partial charge on any atom is 0.140 e. The third-order valence-corrected chi connectivity index (χ3v) is 4.13. The van der Waals surface area contributed by atoms with E-state index < -0.39 is 0 Å². The Hall–Kier alpha value is -2.16. The van der Waals surface area contributed by atoms with Gasteiger partial charge in [0.2, 0.25) is 0 Å². The minimum Gasteiger partial charge on any atom is -0.346 e. The number of H-pyrrole nitrogens is 1. The molecule has 0 amide bonds. The molecule has 0 radical (unpaired) electrons. The van der Waals surface area contributed by atoms with Crippen LogP contribution < -0.4 is 0 Å². The van der Waals surface area contributed by atoms with Crippen molar-refractivity contribution < 1.29 is 0 Å². The molecule has 0 fully saturated rings. The van der Waals surface area contributed by atoms with Crippen molar-refractivity contribution in [2.75, 3.05) is 0 Å². The summed E-state index contributed by atoms with van der Waals surface area (Å²) in [6.45, 7) is 0. The average molecular weight is 249 g/mol. The highest BCUT2D eigenvalue weighted by molar-refractivity contribution is 5.77. The highest BCUT2D eigenvalue weighted by Crippen LogP contribution is 2.35. The first kappa shape index (κ1) is 10.7. The number of aromatic nitrogens is 3. The van der Waals surface area contributed by atoms with Crippen molar-refractivity contribution in [2.24, 2.45) is 0 Å². The van der Waals surface area contributed by atoms with Crippen LogP contribution in [0.5, 0.6) is 0 Å². The lowest BCUT2D eigenvalue weighted by Gasteiger charge is -2.11. The highest BCUT2D eigenvalue weighted by atomic mass is 14.9. The van der Waals surface area contributed by atoms with Crippen molar-refractivity contribution in [3.8, 4) is 0 Å². The standard InChI is InChI=1S/C16H15N3/c1-2-4-13-11(3-1)5-6-12(13)9-15-14-7-8-17-16(14)19-10-18-15/h1-4,7-8,10,12H,5-6,9H2,(H,17,18,19)/t12-/m1/s1. The molecule has 3 aromatic rings. The van der Waals surface area contributed by atoms with Crippen LogP contribution in [0.15, 0.2) is 42.9 Å². The molecule has 0 saturated heterocycles. The average Bonchev–Trinajstić information content (AvgIpc) is 3.06. The fourth-order valence-corrected chi connectivity index (χ4v) is 3.18. The number of fused-ring (bicyclic) bond motifs is 2. The lowest BCUT2D eigenvalue weighted by molar-refractivity contribution is 0.666. The van der Waals surface area contributed by atoms with Crippen LogP contribution in [0.3, 0.4) is 0 Å². The molecule has 1 aromatic carbocycles. The van der Waals surface area contributed by atoms with Crippen molar-refractivity contribution in [3.63, 3.8) is 0 Å². The number of rotatable bonds is 2. The summed E-state index contributed by atoms with van der Waals surface area (Å²) in [5, 5.41) is 1.16. The van der Waals surface area contributed by atoms with E-state index in [2.05, 4.69) is 45.3 Å². The Labute approximate surface area is 111 Å². The predicted molar refractivity (Wildman–Crippen MR) is 75.1 cm³/mol. The number of nitrogens with zero attached hydrogens (tertiary/aromatic N) is 2. The van der Waals surface area contributed by atoms with E-state index in [0.717, 1.165) is 23.1 Å². The quantitative estimate of drug-likeness (QED) is 0.757. The third kappa shape index (κ3) is 1.73. The van der Waals surface area contributed by atoms with Gasteiger partial charge in [-0.05, 0) is 42.4 Å². The Morgan fingerprint density at radius 3 is 3.11 bits per heavy atom. The van der Waals surface area contributed by atoms with Gasteiger partial charge in [-0.3, -0.25) is 0 Å². The van der Waals surface area contributed by atoms with E-state index >= 15 is 0 Å². The normalized spacial score (nSPS) is 17.8. The molecule has 1 N–H and O–H groups in total. The molecule has 2 heterocycles. The van der Waals surface area contributed by atoms with Crippen molar-refractivity contribution in [2.45, 2.75) is 25.2 Å². The monoisotopic (exact) mass is 249 g/mol. The number of aryl methyl sites for hydroxylation is 1. The Kier molecular flexibility index (Phi) is 2.37. The van der Waals surface area contributed by atoms with Crippen LogP contribution in [-0.2, 0) is 12.8 Å². The van der Waals surface area contributed by atoms with E-state index in [-0.39, 0.29) is 0 Å². The predicted octanol–water partition coefficient (Wildman–Crippen LogP) is 3.23. The first-order valence-electron chi connectivity index (χ1n) is 6.76. The lowest BCUT2D eigenvalue weighted by Crippen LogP contribution is -2.01. The van der Waals surface area contributed by atoms with Gasteiger partial charge in [-0.25, -0.2) is 9.97 Å². The van der Waals surface area contributed by atoms with E-state index in [1.165, 1.54) is 24.0 Å². The van der Waals surface area contributed by atoms with Gasteiger partial charge in [-0.15, -0.1) is 0 Å². The van der Waals surface area contributed by atoms with Gasteiger partial charge in [-0.2, -0.15) is 0 Å². The summed E-state index contributed by atoms with van der Waals surface area (Å²) in [7, 11) is 0. The van der Waals surface area contributed by atoms with Gasteiger partial charge in [0.25, 0.3) is 0 Å². The van der Waals surface area contributed by atoms with Gasteiger partial charge >= 0.3 is 0 Å². The zero-order chi connectivity index (χ0) is 12.7. The number of nitrogens with one attached hydrogen (secondary N) is 1. The van der Waals surface area contributed by atoms with Gasteiger partial charge in [0.15, 0.2) is 0 Å². The number of hydrogen-bond acceptors (Lipinski definition) is 2. The van der Waals surface area contributed by atoms with E-state index in [1.807, 2.05) is 6.20 Å². The Morgan fingerprint density at radius 2 is 2.11 bits per heavy atom. The van der Waals surface area contributed by atoms with Gasteiger partial charge < -0.3 is 4.98 Å². The third-order valence-electron chi connectivity index (χ3n) is 4.13. The Morgan fingerprint density at radius 1 is 1.16 bits per heavy atom. The molecule has 0 spiro atoms. The molecule has 1 aliphatic rings. The Bertz CT molecular complexity index is 729. The zero-order valence-electron chi connectivity index (χ0n) is 10.6. The molecular weight excluding hydrogens is 234 g/mol. The summed E-state index contributed by atoms with van der Waals surface area (Å²) in [5.74, 6) is 0.601. The summed E-state index contributed by atoms with van der Waals surface area (Å²) in [6.07, 6.45) is 7.03. The van der Waals surface area contributed by atoms with Crippen molar-refractivity contribution >= 4 is 11.0 Å². The van der Waals surface area contributed by atoms with Crippen LogP contribution in [0.4, 0.5) is 0 Å². The second-order valence-electron chi connectivity index (χ2n) is 5.20. The minimum absolute atomic E-state index is 0.601. The van der Waals surface area contributed by atoms with Crippen molar-refractivity contribution in [3.05, 3.63) is 59.7 Å². The molecule has 0 bridgehead atoms. The van der Waals surface area contributed by atoms with Gasteiger partial charge in [-0.1, -0.05) is 24.3 Å². The first-order valence-corrected chi connectivity index (χ1v) is 6.76. The SMILES string of the molecule is c1ccc2c(c1)CC[C@@H]2Cc1ncnc2[nH]ccc12. The molecule has 1 aliphatic carbocycles. The van der Waals surface area contributed by atoms with E-state index in [9.17, 15) is 0 Å². The fourth-order valence-electron chi connectivity index (χ4n) is 3.18. The summed E-state index contributed by atoms with van der Waals surface area (Å²) in [4.78, 5) is 11.9. The van der Waals surface area contributed by atoms with Crippen LogP contribution in [0.1, 0.15) is 29.2 Å². The van der Waals surface area contributed by atoms with Gasteiger partial charge in [0, 0.05) is 11.6 Å². The topological polar surface area (TPSA) is 41.6 Å². The zero-order valence-corrected chi connectivity index (χ0v) is 10.6. The summed E-state index contributed by atoms with van der Waals surface area (Å²) in [6, 6.07) is 10.9. The van der Waals surface area contributed by atoms with Crippen LogP contribution in [0.25, 0.3) is 11.0 Å². The minimum atomic E-state index is 0.601. The number of hydrogen-bond donors (Lipinski definition) is 1. The second-order valence-corrected chi connectivity index (χ2v) is 5.20. The molecule has 1 atom stereocenters. The molecule has 94 valence electrons. The molecule has 2 aromatic heterocycles. The maximum atomic E-state index is 4.48. The molecular formula is C16H15N3. The largest absolute Gasteiger partial charge is 0.346 e. The van der Waals surface area contributed by atoms with E-state index in [1.54, 1.807) is 6.33 Å². The van der Waals surface area contributed by atoms with E-state index in [4.69, 9.17) is 0 Å². The summed E-state index contributed by atoms with van der Waals surface area (Å²) >= 11 is 0. The van der Waals surface area contributed by atoms with Gasteiger partial charge in [0.1, 0.15) is 12.0 Å². The van der Waals surface area contributed by atoms with Gasteiger partial charge in [0.05, 0.1) is 5.69 Å². The van der Waals surface area contributed by atoms with Crippen LogP contribution in [0, 0.1) is 0 Å². The smallest absolute Gasteiger partial charge is 0.140 e. The number of benzene rings is 1. The first-order chi connectivity index (χ1) is 9.42. The molecule has 4 rings (SSSR count). The van der Waals surface area contributed by atoms with Crippen molar-refractivity contribution in [1.82, 2.24) is 15.0 Å². The molecule has 3 heteroatoms. The number of aromatic amines is 1. The van der Waals surface area contributed by atoms with Crippen LogP contribution in [-0.4, -0.2) is 15.0 Å². The van der Waals surface area contributed by atoms with Crippen LogP contribution in [0.2, 0.25) is 0 Å². The molecule has 0 unspecified atom stereocenters. The molecule has 19 heavy (non-hydrogen) atoms. The Balaban J connectivity index is 1.71. The molecule has 3 nitrogen and oxygen atoms in total.